The number of hydrogen-bond donors (Lipinski definition) is 2. The maximum Gasteiger partial charge on any atom is 0.254 e. The molecule has 2 aromatic rings. The van der Waals surface area contributed by atoms with E-state index in [4.69, 9.17) is 5.73 Å². The van der Waals surface area contributed by atoms with E-state index in [2.05, 4.69) is 20.9 Å². The summed E-state index contributed by atoms with van der Waals surface area (Å²) >= 11 is 3.38. The standard InChI is InChI=1S/C14H16BrN3O2.ClH/c1-8(7-16)18(2)14(20)10-6-12(19)17-13-9(10)4-3-5-11(13)15;/h3-6,8H,7,16H2,1-2H3,(H,17,19);1H. The molecule has 0 fully saturated rings. The number of halogens is 2. The van der Waals surface area contributed by atoms with Crippen molar-refractivity contribution in [1.82, 2.24) is 9.88 Å². The topological polar surface area (TPSA) is 79.2 Å². The Kier molecular flexibility index (Phi) is 5.95. The summed E-state index contributed by atoms with van der Waals surface area (Å²) in [5, 5.41) is 0.708. The van der Waals surface area contributed by atoms with Crippen molar-refractivity contribution in [3.8, 4) is 0 Å². The molecule has 1 atom stereocenters. The molecular formula is C14H17BrClN3O2. The van der Waals surface area contributed by atoms with Gasteiger partial charge in [0.25, 0.3) is 5.91 Å². The fourth-order valence-electron chi connectivity index (χ4n) is 1.97. The van der Waals surface area contributed by atoms with E-state index in [9.17, 15) is 9.59 Å². The summed E-state index contributed by atoms with van der Waals surface area (Å²) in [6.45, 7) is 2.23. The highest BCUT2D eigenvalue weighted by Crippen LogP contribution is 2.24. The van der Waals surface area contributed by atoms with E-state index in [-0.39, 0.29) is 29.9 Å². The van der Waals surface area contributed by atoms with Gasteiger partial charge in [0.05, 0.1) is 11.1 Å². The number of aromatic amines is 1. The number of nitrogens with zero attached hydrogens (tertiary/aromatic N) is 1. The first-order valence-electron chi connectivity index (χ1n) is 6.24. The number of rotatable bonds is 3. The van der Waals surface area contributed by atoms with Crippen LogP contribution in [0.4, 0.5) is 0 Å². The van der Waals surface area contributed by atoms with E-state index < -0.39 is 0 Å². The molecule has 5 nitrogen and oxygen atoms in total. The molecule has 1 unspecified atom stereocenters. The predicted molar refractivity (Wildman–Crippen MR) is 90.1 cm³/mol. The van der Waals surface area contributed by atoms with Crippen molar-refractivity contribution in [2.75, 3.05) is 13.6 Å². The number of nitrogens with one attached hydrogen (secondary N) is 1. The molecule has 21 heavy (non-hydrogen) atoms. The van der Waals surface area contributed by atoms with Gasteiger partial charge in [-0.25, -0.2) is 0 Å². The first-order chi connectivity index (χ1) is 9.45. The molecule has 0 radical (unpaired) electrons. The van der Waals surface area contributed by atoms with Gasteiger partial charge in [-0.1, -0.05) is 12.1 Å². The smallest absolute Gasteiger partial charge is 0.254 e. The molecule has 0 saturated carbocycles. The largest absolute Gasteiger partial charge is 0.338 e. The van der Waals surface area contributed by atoms with Crippen LogP contribution in [0, 0.1) is 0 Å². The normalized spacial score (nSPS) is 11.8. The summed E-state index contributed by atoms with van der Waals surface area (Å²) in [6, 6.07) is 6.69. The summed E-state index contributed by atoms with van der Waals surface area (Å²) in [5.74, 6) is -0.211. The Hall–Kier alpha value is -1.37. The summed E-state index contributed by atoms with van der Waals surface area (Å²) in [5.41, 5.74) is 6.29. The van der Waals surface area contributed by atoms with Crippen molar-refractivity contribution in [3.63, 3.8) is 0 Å². The minimum Gasteiger partial charge on any atom is -0.338 e. The lowest BCUT2D eigenvalue weighted by molar-refractivity contribution is 0.0750. The number of fused-ring (bicyclic) bond motifs is 1. The quantitative estimate of drug-likeness (QED) is 0.864. The zero-order chi connectivity index (χ0) is 14.9. The third kappa shape index (κ3) is 3.45. The summed E-state index contributed by atoms with van der Waals surface area (Å²) in [4.78, 5) is 28.6. The molecule has 2 rings (SSSR count). The van der Waals surface area contributed by atoms with Crippen LogP contribution in [0.25, 0.3) is 10.9 Å². The lowest BCUT2D eigenvalue weighted by atomic mass is 10.1. The number of aromatic nitrogens is 1. The monoisotopic (exact) mass is 373 g/mol. The molecule has 3 N–H and O–H groups in total. The Morgan fingerprint density at radius 1 is 1.48 bits per heavy atom. The van der Waals surface area contributed by atoms with Crippen LogP contribution in [-0.2, 0) is 0 Å². The minimum atomic E-state index is -0.304. The molecular weight excluding hydrogens is 358 g/mol. The number of hydrogen-bond acceptors (Lipinski definition) is 3. The fraction of sp³-hybridized carbons (Fsp3) is 0.286. The van der Waals surface area contributed by atoms with E-state index in [1.807, 2.05) is 25.1 Å². The van der Waals surface area contributed by atoms with Gasteiger partial charge in [-0.3, -0.25) is 9.59 Å². The van der Waals surface area contributed by atoms with E-state index in [1.54, 1.807) is 11.9 Å². The number of H-pyrrole nitrogens is 1. The number of carbonyl (C=O) groups is 1. The molecule has 0 aliphatic heterocycles. The molecule has 1 heterocycles. The SMILES string of the molecule is CC(CN)N(C)C(=O)c1cc(=O)[nH]c2c(Br)cccc12.Cl. The van der Waals surface area contributed by atoms with Crippen molar-refractivity contribution in [2.24, 2.45) is 5.73 Å². The van der Waals surface area contributed by atoms with Crippen LogP contribution in [0.1, 0.15) is 17.3 Å². The number of para-hydroxylation sites is 1. The van der Waals surface area contributed by atoms with Gasteiger partial charge >= 0.3 is 0 Å². The molecule has 0 aliphatic rings. The minimum absolute atomic E-state index is 0. The highest BCUT2D eigenvalue weighted by Gasteiger charge is 2.19. The average Bonchev–Trinajstić information content (AvgIpc) is 2.45. The van der Waals surface area contributed by atoms with Crippen molar-refractivity contribution >= 4 is 45.1 Å². The molecule has 114 valence electrons. The summed E-state index contributed by atoms with van der Waals surface area (Å²) < 4.78 is 0.747. The van der Waals surface area contributed by atoms with E-state index in [0.29, 0.717) is 23.0 Å². The Balaban J connectivity index is 0.00000220. The molecule has 0 bridgehead atoms. The molecule has 1 aromatic heterocycles. The van der Waals surface area contributed by atoms with Crippen LogP contribution in [0.5, 0.6) is 0 Å². The number of benzene rings is 1. The fourth-order valence-corrected chi connectivity index (χ4v) is 2.43. The molecule has 1 amide bonds. The van der Waals surface area contributed by atoms with E-state index >= 15 is 0 Å². The lowest BCUT2D eigenvalue weighted by Crippen LogP contribution is -2.40. The van der Waals surface area contributed by atoms with Gasteiger partial charge < -0.3 is 15.6 Å². The second-order valence-corrected chi connectivity index (χ2v) is 5.56. The number of pyridine rings is 1. The van der Waals surface area contributed by atoms with Crippen LogP contribution in [0.15, 0.2) is 33.5 Å². The summed E-state index contributed by atoms with van der Waals surface area (Å²) in [7, 11) is 1.69. The predicted octanol–water partition coefficient (Wildman–Crippen LogP) is 2.13. The van der Waals surface area contributed by atoms with Crippen molar-refractivity contribution in [2.45, 2.75) is 13.0 Å². The number of likely N-dealkylation sites (N-methyl/N-ethyl adjacent to an activating group) is 1. The van der Waals surface area contributed by atoms with Gasteiger partial charge in [0, 0.05) is 35.6 Å². The first-order valence-corrected chi connectivity index (χ1v) is 7.03. The second-order valence-electron chi connectivity index (χ2n) is 4.71. The second kappa shape index (κ2) is 7.06. The Morgan fingerprint density at radius 3 is 2.76 bits per heavy atom. The van der Waals surface area contributed by atoms with Crippen LogP contribution in [0.3, 0.4) is 0 Å². The number of nitrogens with two attached hydrogens (primary N) is 1. The average molecular weight is 375 g/mol. The molecule has 0 saturated heterocycles. The van der Waals surface area contributed by atoms with Crippen molar-refractivity contribution in [1.29, 1.82) is 0 Å². The maximum absolute atomic E-state index is 12.5. The molecule has 0 aliphatic carbocycles. The van der Waals surface area contributed by atoms with Gasteiger partial charge in [0.2, 0.25) is 5.56 Å². The van der Waals surface area contributed by atoms with Gasteiger partial charge in [0.15, 0.2) is 0 Å². The first kappa shape index (κ1) is 17.7. The Labute approximate surface area is 137 Å². The van der Waals surface area contributed by atoms with Crippen LogP contribution in [-0.4, -0.2) is 35.4 Å². The van der Waals surface area contributed by atoms with Crippen LogP contribution in [0.2, 0.25) is 0 Å². The van der Waals surface area contributed by atoms with Gasteiger partial charge in [0.1, 0.15) is 0 Å². The number of amides is 1. The Morgan fingerprint density at radius 2 is 2.14 bits per heavy atom. The molecule has 1 aromatic carbocycles. The summed E-state index contributed by atoms with van der Waals surface area (Å²) in [6.07, 6.45) is 0. The van der Waals surface area contributed by atoms with Crippen molar-refractivity contribution in [3.05, 3.63) is 44.7 Å². The van der Waals surface area contributed by atoms with Gasteiger partial charge in [-0.15, -0.1) is 12.4 Å². The van der Waals surface area contributed by atoms with Crippen molar-refractivity contribution < 1.29 is 4.79 Å². The van der Waals surface area contributed by atoms with Gasteiger partial charge in [-0.05, 0) is 28.9 Å². The third-order valence-electron chi connectivity index (χ3n) is 3.38. The van der Waals surface area contributed by atoms with Crippen LogP contribution >= 0.6 is 28.3 Å². The Bertz CT molecular complexity index is 717. The zero-order valence-electron chi connectivity index (χ0n) is 11.7. The highest BCUT2D eigenvalue weighted by atomic mass is 79.9. The zero-order valence-corrected chi connectivity index (χ0v) is 14.1. The third-order valence-corrected chi connectivity index (χ3v) is 4.04. The highest BCUT2D eigenvalue weighted by molar-refractivity contribution is 9.10. The van der Waals surface area contributed by atoms with E-state index in [0.717, 1.165) is 4.47 Å². The molecule has 0 spiro atoms. The number of carbonyl (C=O) groups excluding carboxylic acids is 1. The van der Waals surface area contributed by atoms with Gasteiger partial charge in [-0.2, -0.15) is 0 Å². The molecule has 7 heteroatoms. The van der Waals surface area contributed by atoms with Crippen LogP contribution < -0.4 is 11.3 Å². The maximum atomic E-state index is 12.5. The van der Waals surface area contributed by atoms with E-state index in [1.165, 1.54) is 6.07 Å². The lowest BCUT2D eigenvalue weighted by Gasteiger charge is -2.24.